The predicted molar refractivity (Wildman–Crippen MR) is 205 cm³/mol. The molecule has 0 N–H and O–H groups in total. The van der Waals surface area contributed by atoms with Gasteiger partial charge in [0.15, 0.2) is 11.5 Å². The number of benzene rings is 6. The topological polar surface area (TPSA) is 53.0 Å². The van der Waals surface area contributed by atoms with E-state index in [0.717, 1.165) is 73.2 Å². The third kappa shape index (κ3) is 4.12. The molecule has 11 rings (SSSR count). The molecule has 240 valence electrons. The van der Waals surface area contributed by atoms with Gasteiger partial charge in [0.2, 0.25) is 0 Å². The van der Waals surface area contributed by atoms with E-state index in [9.17, 15) is 0 Å². The normalized spacial score (nSPS) is 12.4. The average Bonchev–Trinajstić information content (AvgIpc) is 3.90. The molecule has 0 fully saturated rings. The Labute approximate surface area is 292 Å². The van der Waals surface area contributed by atoms with Crippen molar-refractivity contribution >= 4 is 60.8 Å². The first-order chi connectivity index (χ1) is 25.3. The Morgan fingerprint density at radius 3 is 1.90 bits per heavy atom. The standard InChI is InChI=1S/C44H28N6O/c1-4-17-37-33(13-1)34-14-2-5-18-38(34)49(37)32-27-46-47(28-32)29-22-23-43-41(26-29)48(40-20-7-8-21-42(40)51-43)30-11-9-12-31(25-30)50-39-19-6-3-15-35(39)36-16-10-24-45-44(36)50/h1-28H. The number of fused-ring (bicyclic) bond motifs is 8. The van der Waals surface area contributed by atoms with E-state index in [0.29, 0.717) is 0 Å². The SMILES string of the molecule is c1cc(N2c3ccccc3Oc3ccc(-n4cc(-n5c6ccccc6c6ccccc65)cn4)cc32)cc(-n2c3ccccc3c3cccnc32)c1. The summed E-state index contributed by atoms with van der Waals surface area (Å²) in [6.45, 7) is 0. The van der Waals surface area contributed by atoms with Crippen LogP contribution in [0.25, 0.3) is 60.8 Å². The maximum atomic E-state index is 6.51. The van der Waals surface area contributed by atoms with Crippen molar-refractivity contribution < 1.29 is 4.74 Å². The van der Waals surface area contributed by atoms with Gasteiger partial charge in [0, 0.05) is 39.1 Å². The molecule has 0 bridgehead atoms. The molecule has 7 heteroatoms. The third-order valence-electron chi connectivity index (χ3n) is 9.96. The van der Waals surface area contributed by atoms with Gasteiger partial charge in [-0.2, -0.15) is 5.10 Å². The Kier molecular flexibility index (Phi) is 5.83. The van der Waals surface area contributed by atoms with Crippen LogP contribution < -0.4 is 9.64 Å². The molecule has 10 aromatic rings. The monoisotopic (exact) mass is 656 g/mol. The lowest BCUT2D eigenvalue weighted by Crippen LogP contribution is -2.16. The maximum Gasteiger partial charge on any atom is 0.151 e. The number of nitrogens with zero attached hydrogens (tertiary/aromatic N) is 6. The highest BCUT2D eigenvalue weighted by Crippen LogP contribution is 2.51. The van der Waals surface area contributed by atoms with E-state index in [1.165, 1.54) is 16.2 Å². The van der Waals surface area contributed by atoms with Gasteiger partial charge < -0.3 is 14.2 Å². The number of pyridine rings is 1. The third-order valence-corrected chi connectivity index (χ3v) is 9.96. The number of anilines is 3. The Hall–Kier alpha value is -7.12. The van der Waals surface area contributed by atoms with E-state index in [4.69, 9.17) is 14.8 Å². The summed E-state index contributed by atoms with van der Waals surface area (Å²) in [7, 11) is 0. The van der Waals surface area contributed by atoms with Gasteiger partial charge in [-0.1, -0.05) is 72.8 Å². The van der Waals surface area contributed by atoms with Gasteiger partial charge in [0.25, 0.3) is 0 Å². The van der Waals surface area contributed by atoms with Crippen molar-refractivity contribution in [2.24, 2.45) is 0 Å². The fourth-order valence-electron chi connectivity index (χ4n) is 7.76. The molecule has 0 aliphatic carbocycles. The van der Waals surface area contributed by atoms with Crippen LogP contribution in [-0.4, -0.2) is 23.9 Å². The molecule has 0 saturated carbocycles. The van der Waals surface area contributed by atoms with Crippen molar-refractivity contribution in [2.75, 3.05) is 4.90 Å². The van der Waals surface area contributed by atoms with E-state index in [2.05, 4.69) is 148 Å². The first kappa shape index (κ1) is 27.8. The highest BCUT2D eigenvalue weighted by atomic mass is 16.5. The number of hydrogen-bond donors (Lipinski definition) is 0. The second-order valence-corrected chi connectivity index (χ2v) is 12.8. The van der Waals surface area contributed by atoms with E-state index < -0.39 is 0 Å². The molecule has 5 heterocycles. The number of para-hydroxylation sites is 5. The predicted octanol–water partition coefficient (Wildman–Crippen LogP) is 11.0. The van der Waals surface area contributed by atoms with Crippen LogP contribution in [0.1, 0.15) is 0 Å². The maximum absolute atomic E-state index is 6.51. The molecule has 0 radical (unpaired) electrons. The molecular weight excluding hydrogens is 629 g/mol. The zero-order valence-electron chi connectivity index (χ0n) is 27.3. The molecule has 0 spiro atoms. The van der Waals surface area contributed by atoms with Crippen LogP contribution in [0.15, 0.2) is 170 Å². The summed E-state index contributed by atoms with van der Waals surface area (Å²) in [5, 5.41) is 9.63. The van der Waals surface area contributed by atoms with E-state index in [1.54, 1.807) is 0 Å². The largest absolute Gasteiger partial charge is 0.453 e. The number of hydrogen-bond acceptors (Lipinski definition) is 4. The van der Waals surface area contributed by atoms with Gasteiger partial charge in [-0.15, -0.1) is 0 Å². The van der Waals surface area contributed by atoms with Crippen LogP contribution in [0.5, 0.6) is 11.5 Å². The summed E-state index contributed by atoms with van der Waals surface area (Å²) >= 11 is 0. The Morgan fingerprint density at radius 1 is 0.451 bits per heavy atom. The van der Waals surface area contributed by atoms with Crippen molar-refractivity contribution in [3.8, 4) is 28.6 Å². The molecule has 7 nitrogen and oxygen atoms in total. The van der Waals surface area contributed by atoms with Gasteiger partial charge in [-0.25, -0.2) is 9.67 Å². The second-order valence-electron chi connectivity index (χ2n) is 12.8. The second kappa shape index (κ2) is 10.7. The summed E-state index contributed by atoms with van der Waals surface area (Å²) in [5.41, 5.74) is 10.2. The fraction of sp³-hybridized carbons (Fsp3) is 0. The molecule has 1 aliphatic heterocycles. The summed E-state index contributed by atoms with van der Waals surface area (Å²) < 4.78 is 13.0. The summed E-state index contributed by atoms with van der Waals surface area (Å²) in [6.07, 6.45) is 5.89. The number of ether oxygens (including phenoxy) is 1. The van der Waals surface area contributed by atoms with Crippen molar-refractivity contribution in [2.45, 2.75) is 0 Å². The van der Waals surface area contributed by atoms with E-state index >= 15 is 0 Å². The van der Waals surface area contributed by atoms with E-state index in [1.807, 2.05) is 41.3 Å². The van der Waals surface area contributed by atoms with Crippen LogP contribution in [0.2, 0.25) is 0 Å². The van der Waals surface area contributed by atoms with Gasteiger partial charge in [-0.05, 0) is 78.9 Å². The van der Waals surface area contributed by atoms with Crippen molar-refractivity contribution in [3.05, 3.63) is 170 Å². The smallest absolute Gasteiger partial charge is 0.151 e. The molecule has 1 aliphatic rings. The molecule has 0 saturated heterocycles. The van der Waals surface area contributed by atoms with Gasteiger partial charge in [0.05, 0.1) is 51.7 Å². The summed E-state index contributed by atoms with van der Waals surface area (Å²) in [6, 6.07) is 52.8. The number of rotatable bonds is 4. The van der Waals surface area contributed by atoms with Gasteiger partial charge in [0.1, 0.15) is 5.65 Å². The first-order valence-corrected chi connectivity index (χ1v) is 17.0. The van der Waals surface area contributed by atoms with Crippen LogP contribution in [0.3, 0.4) is 0 Å². The lowest BCUT2D eigenvalue weighted by atomic mass is 10.1. The van der Waals surface area contributed by atoms with Gasteiger partial charge >= 0.3 is 0 Å². The zero-order valence-corrected chi connectivity index (χ0v) is 27.3. The van der Waals surface area contributed by atoms with Crippen LogP contribution in [0.4, 0.5) is 17.1 Å². The quantitative estimate of drug-likeness (QED) is 0.189. The van der Waals surface area contributed by atoms with Crippen LogP contribution in [-0.2, 0) is 0 Å². The number of aromatic nitrogens is 5. The average molecular weight is 657 g/mol. The Bertz CT molecular complexity index is 2880. The molecule has 4 aromatic heterocycles. The molecule has 6 aromatic carbocycles. The minimum atomic E-state index is 0.774. The summed E-state index contributed by atoms with van der Waals surface area (Å²) in [5.74, 6) is 1.57. The molecule has 0 amide bonds. The summed E-state index contributed by atoms with van der Waals surface area (Å²) in [4.78, 5) is 7.10. The lowest BCUT2D eigenvalue weighted by molar-refractivity contribution is 0.477. The van der Waals surface area contributed by atoms with Crippen molar-refractivity contribution in [1.82, 2.24) is 23.9 Å². The highest BCUT2D eigenvalue weighted by Gasteiger charge is 2.27. The van der Waals surface area contributed by atoms with Gasteiger partial charge in [-0.3, -0.25) is 4.57 Å². The van der Waals surface area contributed by atoms with Crippen molar-refractivity contribution in [1.29, 1.82) is 0 Å². The van der Waals surface area contributed by atoms with Crippen molar-refractivity contribution in [3.63, 3.8) is 0 Å². The minimum Gasteiger partial charge on any atom is -0.453 e. The Morgan fingerprint density at radius 2 is 1.10 bits per heavy atom. The Balaban J connectivity index is 1.06. The molecule has 0 atom stereocenters. The molecule has 51 heavy (non-hydrogen) atoms. The lowest BCUT2D eigenvalue weighted by Gasteiger charge is -2.33. The molecule has 0 unspecified atom stereocenters. The van der Waals surface area contributed by atoms with E-state index in [-0.39, 0.29) is 0 Å². The van der Waals surface area contributed by atoms with Crippen LogP contribution in [0, 0.1) is 0 Å². The first-order valence-electron chi connectivity index (χ1n) is 17.0. The fourth-order valence-corrected chi connectivity index (χ4v) is 7.76. The molecular formula is C44H28N6O. The zero-order chi connectivity index (χ0) is 33.5. The minimum absolute atomic E-state index is 0.774. The van der Waals surface area contributed by atoms with Crippen LogP contribution >= 0.6 is 0 Å². The highest BCUT2D eigenvalue weighted by molar-refractivity contribution is 6.09.